The maximum atomic E-state index is 12.3. The Morgan fingerprint density at radius 2 is 1.53 bits per heavy atom. The van der Waals surface area contributed by atoms with Crippen molar-refractivity contribution >= 4 is 18.0 Å². The Kier molecular flexibility index (Phi) is 6.10. The van der Waals surface area contributed by atoms with Crippen LogP contribution in [0.5, 0.6) is 0 Å². The molecule has 0 aromatic heterocycles. The van der Waals surface area contributed by atoms with Crippen LogP contribution < -0.4 is 10.4 Å². The molecule has 0 radical (unpaired) electrons. The molecule has 7 nitrogen and oxygen atoms in total. The van der Waals surface area contributed by atoms with Crippen molar-refractivity contribution < 1.29 is 29.0 Å². The SMILES string of the molecule is CC(C)(C)OC(=O)N[C@H](CC(=O)OCC1c2ccccc2-c2ccccc21)C(=O)[O-]. The van der Waals surface area contributed by atoms with E-state index in [0.717, 1.165) is 22.3 Å². The van der Waals surface area contributed by atoms with E-state index in [1.165, 1.54) is 0 Å². The van der Waals surface area contributed by atoms with Crippen LogP contribution in [-0.4, -0.2) is 36.3 Å². The quantitative estimate of drug-likeness (QED) is 0.733. The van der Waals surface area contributed by atoms with Crippen LogP contribution in [0.4, 0.5) is 4.79 Å². The molecule has 1 aliphatic carbocycles. The van der Waals surface area contributed by atoms with Crippen LogP contribution in [-0.2, 0) is 19.1 Å². The summed E-state index contributed by atoms with van der Waals surface area (Å²) in [5.74, 6) is -2.47. The number of hydrogen-bond acceptors (Lipinski definition) is 6. The van der Waals surface area contributed by atoms with E-state index in [2.05, 4.69) is 5.32 Å². The van der Waals surface area contributed by atoms with Gasteiger partial charge in [-0.25, -0.2) is 4.79 Å². The lowest BCUT2D eigenvalue weighted by molar-refractivity contribution is -0.308. The lowest BCUT2D eigenvalue weighted by atomic mass is 9.98. The summed E-state index contributed by atoms with van der Waals surface area (Å²) >= 11 is 0. The van der Waals surface area contributed by atoms with Crippen molar-refractivity contribution in [3.05, 3.63) is 59.7 Å². The van der Waals surface area contributed by atoms with Gasteiger partial charge in [0, 0.05) is 5.92 Å². The van der Waals surface area contributed by atoms with Gasteiger partial charge < -0.3 is 24.7 Å². The minimum Gasteiger partial charge on any atom is -0.548 e. The van der Waals surface area contributed by atoms with E-state index < -0.39 is 36.1 Å². The van der Waals surface area contributed by atoms with Gasteiger partial charge in [0.2, 0.25) is 0 Å². The van der Waals surface area contributed by atoms with Gasteiger partial charge in [0.25, 0.3) is 0 Å². The number of benzene rings is 2. The van der Waals surface area contributed by atoms with E-state index in [9.17, 15) is 19.5 Å². The number of hydrogen-bond donors (Lipinski definition) is 1. The average Bonchev–Trinajstić information content (AvgIpc) is 2.98. The van der Waals surface area contributed by atoms with Gasteiger partial charge >= 0.3 is 12.1 Å². The van der Waals surface area contributed by atoms with E-state index in [4.69, 9.17) is 9.47 Å². The highest BCUT2D eigenvalue weighted by molar-refractivity contribution is 5.84. The zero-order valence-corrected chi connectivity index (χ0v) is 17.1. The Labute approximate surface area is 175 Å². The van der Waals surface area contributed by atoms with Crippen molar-refractivity contribution in [3.63, 3.8) is 0 Å². The molecular formula is C23H24NO6-. The lowest BCUT2D eigenvalue weighted by Crippen LogP contribution is -2.50. The van der Waals surface area contributed by atoms with E-state index in [0.29, 0.717) is 0 Å². The summed E-state index contributed by atoms with van der Waals surface area (Å²) in [4.78, 5) is 35.5. The highest BCUT2D eigenvalue weighted by atomic mass is 16.6. The summed E-state index contributed by atoms with van der Waals surface area (Å²) in [7, 11) is 0. The fraction of sp³-hybridized carbons (Fsp3) is 0.348. The second-order valence-corrected chi connectivity index (χ2v) is 8.13. The topological polar surface area (TPSA) is 105 Å². The molecule has 0 spiro atoms. The molecular weight excluding hydrogens is 386 g/mol. The standard InChI is InChI=1S/C23H25NO6/c1-23(2,3)30-22(28)24-19(21(26)27)12-20(25)29-13-18-16-10-6-4-8-14(16)15-9-5-7-11-17(15)18/h4-11,18-19H,12-13H2,1-3H3,(H,24,28)(H,26,27)/p-1/t19-/m1/s1. The molecule has 1 amide bonds. The molecule has 2 aromatic rings. The number of esters is 1. The number of carbonyl (C=O) groups excluding carboxylic acids is 3. The van der Waals surface area contributed by atoms with Crippen LogP contribution in [0, 0.1) is 0 Å². The van der Waals surface area contributed by atoms with Gasteiger partial charge in [-0.3, -0.25) is 4.79 Å². The first-order chi connectivity index (χ1) is 14.2. The first kappa shape index (κ1) is 21.4. The van der Waals surface area contributed by atoms with Crippen LogP contribution in [0.25, 0.3) is 11.1 Å². The second kappa shape index (κ2) is 8.57. The third-order valence-electron chi connectivity index (χ3n) is 4.72. The molecule has 1 N–H and O–H groups in total. The molecule has 0 saturated heterocycles. The molecule has 3 rings (SSSR count). The monoisotopic (exact) mass is 410 g/mol. The van der Waals surface area contributed by atoms with Crippen LogP contribution >= 0.6 is 0 Å². The number of carboxylic acids is 1. The number of alkyl carbamates (subject to hydrolysis) is 1. The van der Waals surface area contributed by atoms with Gasteiger partial charge in [0.1, 0.15) is 12.2 Å². The largest absolute Gasteiger partial charge is 0.548 e. The number of aliphatic carboxylic acids is 1. The van der Waals surface area contributed by atoms with Crippen molar-refractivity contribution in [2.75, 3.05) is 6.61 Å². The summed E-state index contributed by atoms with van der Waals surface area (Å²) < 4.78 is 10.4. The third kappa shape index (κ3) is 4.97. The molecule has 0 bridgehead atoms. The number of carbonyl (C=O) groups is 3. The summed E-state index contributed by atoms with van der Waals surface area (Å²) in [6.45, 7) is 5.00. The Balaban J connectivity index is 1.64. The normalized spacial score (nSPS) is 13.7. The highest BCUT2D eigenvalue weighted by Crippen LogP contribution is 2.44. The Bertz CT molecular complexity index is 917. The predicted molar refractivity (Wildman–Crippen MR) is 107 cm³/mol. The van der Waals surface area contributed by atoms with E-state index in [1.54, 1.807) is 20.8 Å². The van der Waals surface area contributed by atoms with E-state index >= 15 is 0 Å². The molecule has 7 heteroatoms. The van der Waals surface area contributed by atoms with Crippen LogP contribution in [0.2, 0.25) is 0 Å². The van der Waals surface area contributed by atoms with Crippen molar-refractivity contribution in [1.29, 1.82) is 0 Å². The zero-order valence-electron chi connectivity index (χ0n) is 17.1. The number of amides is 1. The summed E-state index contributed by atoms with van der Waals surface area (Å²) in [6, 6.07) is 14.2. The maximum absolute atomic E-state index is 12.3. The minimum atomic E-state index is -1.59. The van der Waals surface area contributed by atoms with E-state index in [-0.39, 0.29) is 12.5 Å². The van der Waals surface area contributed by atoms with Gasteiger partial charge in [-0.2, -0.15) is 0 Å². The number of rotatable bonds is 6. The maximum Gasteiger partial charge on any atom is 0.408 e. The Morgan fingerprint density at radius 3 is 2.03 bits per heavy atom. The average molecular weight is 410 g/mol. The van der Waals surface area contributed by atoms with Crippen molar-refractivity contribution in [1.82, 2.24) is 5.32 Å². The van der Waals surface area contributed by atoms with Gasteiger partial charge in [-0.05, 0) is 43.0 Å². The van der Waals surface area contributed by atoms with Crippen LogP contribution in [0.1, 0.15) is 44.2 Å². The Morgan fingerprint density at radius 1 is 1.00 bits per heavy atom. The van der Waals surface area contributed by atoms with Gasteiger partial charge in [-0.15, -0.1) is 0 Å². The molecule has 0 unspecified atom stereocenters. The van der Waals surface area contributed by atoms with Crippen molar-refractivity contribution in [2.45, 2.75) is 44.8 Å². The minimum absolute atomic E-state index is 0.0685. The summed E-state index contributed by atoms with van der Waals surface area (Å²) in [5.41, 5.74) is 3.48. The second-order valence-electron chi connectivity index (χ2n) is 8.13. The third-order valence-corrected chi connectivity index (χ3v) is 4.72. The fourth-order valence-electron chi connectivity index (χ4n) is 3.48. The molecule has 2 aromatic carbocycles. The van der Waals surface area contributed by atoms with Crippen molar-refractivity contribution in [2.24, 2.45) is 0 Å². The zero-order chi connectivity index (χ0) is 21.9. The first-order valence-electron chi connectivity index (χ1n) is 9.70. The molecule has 1 aliphatic rings. The molecule has 0 fully saturated rings. The number of fused-ring (bicyclic) bond motifs is 3. The molecule has 0 saturated carbocycles. The molecule has 158 valence electrons. The van der Waals surface area contributed by atoms with Crippen LogP contribution in [0.15, 0.2) is 48.5 Å². The van der Waals surface area contributed by atoms with Crippen molar-refractivity contribution in [3.8, 4) is 11.1 Å². The van der Waals surface area contributed by atoms with E-state index in [1.807, 2.05) is 48.5 Å². The first-order valence-corrected chi connectivity index (χ1v) is 9.70. The Hall–Kier alpha value is -3.35. The molecule has 30 heavy (non-hydrogen) atoms. The smallest absolute Gasteiger partial charge is 0.408 e. The van der Waals surface area contributed by atoms with Gasteiger partial charge in [-0.1, -0.05) is 48.5 Å². The fourth-order valence-corrected chi connectivity index (χ4v) is 3.48. The lowest BCUT2D eigenvalue weighted by Gasteiger charge is -2.24. The number of ether oxygens (including phenoxy) is 2. The molecule has 0 aliphatic heterocycles. The van der Waals surface area contributed by atoms with Gasteiger partial charge in [0.15, 0.2) is 0 Å². The number of nitrogens with one attached hydrogen (secondary N) is 1. The molecule has 0 heterocycles. The predicted octanol–water partition coefficient (Wildman–Crippen LogP) is 2.38. The van der Waals surface area contributed by atoms with Gasteiger partial charge in [0.05, 0.1) is 18.4 Å². The molecule has 1 atom stereocenters. The highest BCUT2D eigenvalue weighted by Gasteiger charge is 2.29. The van der Waals surface area contributed by atoms with Crippen LogP contribution in [0.3, 0.4) is 0 Å². The number of carboxylic acid groups (broad SMARTS) is 1. The summed E-state index contributed by atoms with van der Waals surface area (Å²) in [6.07, 6.45) is -1.50. The summed E-state index contributed by atoms with van der Waals surface area (Å²) in [5, 5.41) is 13.5.